The number of aliphatic hydroxyl groups excluding tert-OH is 1. The number of hydrogen-bond donors (Lipinski definition) is 1. The molecular formula is C25H21N9Na2O6S. The Hall–Kier alpha value is -3.22. The topological polar surface area (TPSA) is 200 Å². The Morgan fingerprint density at radius 2 is 1.81 bits per heavy atom. The van der Waals surface area contributed by atoms with E-state index in [2.05, 4.69) is 45.3 Å². The maximum atomic E-state index is 13.3. The zero-order valence-corrected chi connectivity index (χ0v) is 28.4. The van der Waals surface area contributed by atoms with Crippen LogP contribution in [-0.4, -0.2) is 69.3 Å². The van der Waals surface area contributed by atoms with Crippen LogP contribution in [0.2, 0.25) is 0 Å². The van der Waals surface area contributed by atoms with Gasteiger partial charge in [-0.3, -0.25) is 15.3 Å². The standard InChI is InChI=1S/C25H21N9O6S.2Na/c1-15-7-8-20(27-14-15)41(36,37)32-24-21(40-19-6-4-3-5-18(19)38-2)25(39-12-11-35)29-22(28-24)16-9-10-26-17(13-16)23-30-33-34-31-23;;/h3-10,13-14,35H,11-12H2,1-2H3;;/q-2;2*+1. The van der Waals surface area contributed by atoms with E-state index in [1.54, 1.807) is 49.4 Å². The van der Waals surface area contributed by atoms with Gasteiger partial charge in [0.05, 0.1) is 31.1 Å². The van der Waals surface area contributed by atoms with Gasteiger partial charge in [-0.15, -0.1) is 0 Å². The molecule has 0 fully saturated rings. The van der Waals surface area contributed by atoms with Crippen LogP contribution in [0.15, 0.2) is 66.0 Å². The van der Waals surface area contributed by atoms with Crippen LogP contribution < -0.4 is 78.4 Å². The zero-order chi connectivity index (χ0) is 28.8. The van der Waals surface area contributed by atoms with Crippen LogP contribution in [0, 0.1) is 6.92 Å². The largest absolute Gasteiger partial charge is 1.00 e. The number of sulfonamides is 1. The number of benzene rings is 1. The molecule has 5 aromatic rings. The summed E-state index contributed by atoms with van der Waals surface area (Å²) in [6.45, 7) is 1.22. The van der Waals surface area contributed by atoms with Crippen molar-refractivity contribution < 1.29 is 86.8 Å². The van der Waals surface area contributed by atoms with E-state index in [0.29, 0.717) is 17.0 Å². The average Bonchev–Trinajstić information content (AvgIpc) is 3.53. The third-order valence-corrected chi connectivity index (χ3v) is 6.53. The Balaban J connectivity index is 0.00000253. The maximum Gasteiger partial charge on any atom is 1.00 e. The molecule has 0 amide bonds. The zero-order valence-electron chi connectivity index (χ0n) is 23.6. The Kier molecular flexibility index (Phi) is 12.3. The first-order chi connectivity index (χ1) is 19.9. The number of rotatable bonds is 11. The molecule has 1 N–H and O–H groups in total. The smallest absolute Gasteiger partial charge is 0.493 e. The quantitative estimate of drug-likeness (QED) is 0.143. The van der Waals surface area contributed by atoms with E-state index in [1.807, 2.05) is 0 Å². The predicted octanol–water partition coefficient (Wildman–Crippen LogP) is -3.37. The van der Waals surface area contributed by atoms with Gasteiger partial charge in [0.25, 0.3) is 5.88 Å². The fraction of sp³-hybridized carbons (Fsp3) is 0.160. The van der Waals surface area contributed by atoms with Crippen LogP contribution in [0.5, 0.6) is 23.1 Å². The normalized spacial score (nSPS) is 10.7. The molecule has 0 saturated heterocycles. The molecular weight excluding hydrogens is 600 g/mol. The number of nitrogens with zero attached hydrogens (tertiary/aromatic N) is 9. The SMILES string of the molecule is COc1ccccc1Oc1c([N-]S(=O)(=O)c2ccc(C)cn2)nc(-c2ccnc(-c3nnn[n-]3)c2)nc1OCCO.[Na+].[Na+]. The molecule has 0 atom stereocenters. The molecule has 1 aromatic carbocycles. The van der Waals surface area contributed by atoms with Gasteiger partial charge in [-0.1, -0.05) is 18.2 Å². The van der Waals surface area contributed by atoms with Crippen molar-refractivity contribution in [2.24, 2.45) is 0 Å². The molecule has 0 aliphatic rings. The van der Waals surface area contributed by atoms with Crippen molar-refractivity contribution in [2.45, 2.75) is 11.9 Å². The van der Waals surface area contributed by atoms with Crippen LogP contribution in [0.25, 0.3) is 27.6 Å². The Morgan fingerprint density at radius 1 is 1.02 bits per heavy atom. The number of aromatic nitrogens is 8. The summed E-state index contributed by atoms with van der Waals surface area (Å²) in [7, 11) is -2.93. The van der Waals surface area contributed by atoms with E-state index in [-0.39, 0.29) is 112 Å². The molecule has 0 unspecified atom stereocenters. The first kappa shape index (κ1) is 34.3. The summed E-state index contributed by atoms with van der Waals surface area (Å²) in [5.41, 5.74) is 1.47. The van der Waals surface area contributed by atoms with E-state index >= 15 is 0 Å². The summed E-state index contributed by atoms with van der Waals surface area (Å²) < 4.78 is 47.7. The Labute approximate surface area is 290 Å². The van der Waals surface area contributed by atoms with Gasteiger partial charge in [0.15, 0.2) is 22.3 Å². The minimum Gasteiger partial charge on any atom is -0.493 e. The molecule has 15 nitrogen and oxygen atoms in total. The van der Waals surface area contributed by atoms with Crippen molar-refractivity contribution in [3.63, 3.8) is 0 Å². The minimum atomic E-state index is -4.38. The van der Waals surface area contributed by atoms with Crippen molar-refractivity contribution in [1.82, 2.24) is 40.6 Å². The van der Waals surface area contributed by atoms with Crippen LogP contribution >= 0.6 is 0 Å². The third kappa shape index (κ3) is 8.24. The summed E-state index contributed by atoms with van der Waals surface area (Å²) >= 11 is 0. The van der Waals surface area contributed by atoms with Crippen LogP contribution in [-0.2, 0) is 10.0 Å². The van der Waals surface area contributed by atoms with Crippen molar-refractivity contribution in [3.05, 3.63) is 71.2 Å². The van der Waals surface area contributed by atoms with Gasteiger partial charge < -0.3 is 34.1 Å². The van der Waals surface area contributed by atoms with E-state index in [1.165, 1.54) is 25.6 Å². The number of methoxy groups -OCH3 is 1. The minimum absolute atomic E-state index is 0. The van der Waals surface area contributed by atoms with Gasteiger partial charge in [0.2, 0.25) is 10.0 Å². The predicted molar refractivity (Wildman–Crippen MR) is 142 cm³/mol. The number of tetrazole rings is 1. The van der Waals surface area contributed by atoms with Gasteiger partial charge in [-0.05, 0) is 42.8 Å². The molecule has 0 saturated carbocycles. The van der Waals surface area contributed by atoms with Crippen molar-refractivity contribution in [1.29, 1.82) is 0 Å². The molecule has 0 bridgehead atoms. The van der Waals surface area contributed by atoms with E-state index in [4.69, 9.17) is 14.2 Å². The number of ether oxygens (including phenoxy) is 3. The van der Waals surface area contributed by atoms with Crippen LogP contribution in [0.4, 0.5) is 5.82 Å². The fourth-order valence-electron chi connectivity index (χ4n) is 3.46. The molecule has 5 rings (SSSR count). The summed E-state index contributed by atoms with van der Waals surface area (Å²) in [5.74, 6) is -0.0830. The molecule has 210 valence electrons. The maximum absolute atomic E-state index is 13.3. The number of hydrogen-bond acceptors (Lipinski definition) is 13. The van der Waals surface area contributed by atoms with Gasteiger partial charge in [-0.25, -0.2) is 18.4 Å². The fourth-order valence-corrected chi connectivity index (χ4v) is 4.33. The van der Waals surface area contributed by atoms with Crippen molar-refractivity contribution in [3.8, 4) is 46.0 Å². The number of aliphatic hydroxyl groups is 1. The number of pyridine rings is 2. The van der Waals surface area contributed by atoms with Gasteiger partial charge in [0, 0.05) is 23.8 Å². The average molecular weight is 622 g/mol. The molecule has 43 heavy (non-hydrogen) atoms. The molecule has 4 aromatic heterocycles. The van der Waals surface area contributed by atoms with E-state index in [9.17, 15) is 13.5 Å². The van der Waals surface area contributed by atoms with E-state index < -0.39 is 10.0 Å². The van der Waals surface area contributed by atoms with Crippen LogP contribution in [0.3, 0.4) is 0 Å². The van der Waals surface area contributed by atoms with Gasteiger partial charge in [-0.2, -0.15) is 5.21 Å². The molecule has 4 heterocycles. The molecule has 0 aliphatic heterocycles. The van der Waals surface area contributed by atoms with E-state index in [0.717, 1.165) is 5.56 Å². The van der Waals surface area contributed by atoms with Gasteiger partial charge >= 0.3 is 59.1 Å². The molecule has 0 radical (unpaired) electrons. The first-order valence-corrected chi connectivity index (χ1v) is 13.3. The van der Waals surface area contributed by atoms with Crippen molar-refractivity contribution >= 4 is 15.8 Å². The summed E-state index contributed by atoms with van der Waals surface area (Å²) in [6, 6.07) is 12.7. The summed E-state index contributed by atoms with van der Waals surface area (Å²) in [6.07, 6.45) is 2.87. The molecule has 0 aliphatic carbocycles. The third-order valence-electron chi connectivity index (χ3n) is 5.35. The summed E-state index contributed by atoms with van der Waals surface area (Å²) in [4.78, 5) is 17.1. The number of aryl methyl sites for hydroxylation is 1. The first-order valence-electron chi connectivity index (χ1n) is 11.9. The second-order valence-corrected chi connectivity index (χ2v) is 9.75. The Bertz CT molecular complexity index is 1760. The van der Waals surface area contributed by atoms with Crippen LogP contribution in [0.1, 0.15) is 5.56 Å². The monoisotopic (exact) mass is 621 g/mol. The van der Waals surface area contributed by atoms with Crippen molar-refractivity contribution in [2.75, 3.05) is 20.3 Å². The molecule has 18 heteroatoms. The second kappa shape index (κ2) is 15.5. The molecule has 0 spiro atoms. The second-order valence-electron chi connectivity index (χ2n) is 8.20. The Morgan fingerprint density at radius 3 is 2.49 bits per heavy atom. The number of para-hydroxylation sites is 2. The summed E-state index contributed by atoms with van der Waals surface area (Å²) in [5, 5.41) is 23.7. The van der Waals surface area contributed by atoms with Gasteiger partial charge in [0.1, 0.15) is 6.61 Å².